The summed E-state index contributed by atoms with van der Waals surface area (Å²) in [5, 5.41) is 2.82. The number of carbonyl (C=O) groups excluding carboxylic acids is 1. The average molecular weight is 457 g/mol. The molecule has 0 aliphatic carbocycles. The molecular weight excluding hydrogens is 432 g/mol. The van der Waals surface area contributed by atoms with Crippen molar-refractivity contribution in [2.24, 2.45) is 0 Å². The molecule has 0 saturated carbocycles. The molecule has 1 atom stereocenters. The third-order valence-electron chi connectivity index (χ3n) is 4.29. The van der Waals surface area contributed by atoms with Crippen molar-refractivity contribution in [3.8, 4) is 5.75 Å². The lowest BCUT2D eigenvalue weighted by Crippen LogP contribution is -2.41. The number of benzene rings is 3. The second-order valence-corrected chi connectivity index (χ2v) is 9.48. The van der Waals surface area contributed by atoms with Crippen LogP contribution in [-0.4, -0.2) is 27.0 Å². The van der Waals surface area contributed by atoms with E-state index in [0.29, 0.717) is 18.0 Å². The number of carbonyl (C=O) groups is 1. The molecule has 0 unspecified atom stereocenters. The second-order valence-electron chi connectivity index (χ2n) is 6.65. The molecule has 31 heavy (non-hydrogen) atoms. The highest BCUT2D eigenvalue weighted by Crippen LogP contribution is 2.33. The van der Waals surface area contributed by atoms with Gasteiger partial charge < -0.3 is 10.1 Å². The van der Waals surface area contributed by atoms with Gasteiger partial charge in [-0.1, -0.05) is 42.1 Å². The van der Waals surface area contributed by atoms with E-state index in [2.05, 4.69) is 10.0 Å². The molecule has 0 radical (unpaired) electrons. The van der Waals surface area contributed by atoms with Gasteiger partial charge in [0.25, 0.3) is 0 Å². The highest BCUT2D eigenvalue weighted by Gasteiger charge is 2.22. The molecule has 0 aromatic heterocycles. The van der Waals surface area contributed by atoms with E-state index in [4.69, 9.17) is 4.74 Å². The first-order valence-electron chi connectivity index (χ1n) is 9.77. The van der Waals surface area contributed by atoms with Crippen molar-refractivity contribution in [2.75, 3.05) is 11.9 Å². The van der Waals surface area contributed by atoms with E-state index in [9.17, 15) is 13.2 Å². The fourth-order valence-corrected chi connectivity index (χ4v) is 4.88. The Labute approximate surface area is 187 Å². The Morgan fingerprint density at radius 1 is 0.968 bits per heavy atom. The Hall–Kier alpha value is -2.81. The van der Waals surface area contributed by atoms with Crippen LogP contribution in [0.1, 0.15) is 13.8 Å². The molecule has 162 valence electrons. The molecule has 0 bridgehead atoms. The third kappa shape index (κ3) is 6.33. The van der Waals surface area contributed by atoms with Crippen molar-refractivity contribution in [2.45, 2.75) is 34.6 Å². The molecule has 0 aliphatic heterocycles. The Morgan fingerprint density at radius 3 is 2.29 bits per heavy atom. The molecule has 0 saturated heterocycles. The zero-order chi connectivity index (χ0) is 22.3. The predicted molar refractivity (Wildman–Crippen MR) is 123 cm³/mol. The minimum atomic E-state index is -3.86. The van der Waals surface area contributed by atoms with Crippen LogP contribution in [0.5, 0.6) is 5.75 Å². The minimum absolute atomic E-state index is 0.0654. The second kappa shape index (κ2) is 10.5. The van der Waals surface area contributed by atoms with E-state index in [0.717, 1.165) is 9.79 Å². The van der Waals surface area contributed by atoms with Crippen LogP contribution in [0.25, 0.3) is 0 Å². The van der Waals surface area contributed by atoms with Crippen molar-refractivity contribution >= 4 is 33.4 Å². The summed E-state index contributed by atoms with van der Waals surface area (Å²) in [6.07, 6.45) is 0. The van der Waals surface area contributed by atoms with E-state index in [1.165, 1.54) is 30.8 Å². The van der Waals surface area contributed by atoms with Gasteiger partial charge in [0.2, 0.25) is 15.9 Å². The van der Waals surface area contributed by atoms with Crippen molar-refractivity contribution < 1.29 is 17.9 Å². The van der Waals surface area contributed by atoms with E-state index >= 15 is 0 Å². The molecule has 0 heterocycles. The van der Waals surface area contributed by atoms with Crippen LogP contribution in [0.4, 0.5) is 5.69 Å². The molecule has 0 fully saturated rings. The summed E-state index contributed by atoms with van der Waals surface area (Å²) >= 11 is 1.52. The zero-order valence-electron chi connectivity index (χ0n) is 17.2. The van der Waals surface area contributed by atoms with Crippen molar-refractivity contribution in [3.63, 3.8) is 0 Å². The van der Waals surface area contributed by atoms with Gasteiger partial charge in [-0.3, -0.25) is 4.79 Å². The Kier molecular flexibility index (Phi) is 7.73. The number of hydrogen-bond donors (Lipinski definition) is 2. The maximum Gasteiger partial charge on any atom is 0.242 e. The van der Waals surface area contributed by atoms with Crippen molar-refractivity contribution in [1.82, 2.24) is 4.72 Å². The highest BCUT2D eigenvalue weighted by molar-refractivity contribution is 7.99. The average Bonchev–Trinajstić information content (AvgIpc) is 2.76. The van der Waals surface area contributed by atoms with Crippen LogP contribution in [0.2, 0.25) is 0 Å². The normalized spacial score (nSPS) is 12.2. The van der Waals surface area contributed by atoms with E-state index in [1.54, 1.807) is 18.2 Å². The number of amides is 1. The number of rotatable bonds is 9. The van der Waals surface area contributed by atoms with Gasteiger partial charge in [-0.15, -0.1) is 0 Å². The van der Waals surface area contributed by atoms with Crippen LogP contribution < -0.4 is 14.8 Å². The molecule has 0 aliphatic rings. The molecule has 3 aromatic carbocycles. The molecule has 0 spiro atoms. The summed E-state index contributed by atoms with van der Waals surface area (Å²) in [5.74, 6) is 0.135. The molecule has 1 amide bonds. The summed E-state index contributed by atoms with van der Waals surface area (Å²) in [6, 6.07) is 22.3. The largest absolute Gasteiger partial charge is 0.494 e. The van der Waals surface area contributed by atoms with Gasteiger partial charge in [-0.2, -0.15) is 4.72 Å². The first kappa shape index (κ1) is 22.9. The Balaban J connectivity index is 1.68. The summed E-state index contributed by atoms with van der Waals surface area (Å²) in [7, 11) is -3.86. The SMILES string of the molecule is CCOc1ccc(S(=O)(=O)N[C@@H](C)C(=O)Nc2ccccc2Sc2ccccc2)cc1. The Morgan fingerprint density at radius 2 is 1.61 bits per heavy atom. The van der Waals surface area contributed by atoms with Crippen molar-refractivity contribution in [3.05, 3.63) is 78.9 Å². The van der Waals surface area contributed by atoms with Gasteiger partial charge >= 0.3 is 0 Å². The molecular formula is C23H24N2O4S2. The minimum Gasteiger partial charge on any atom is -0.494 e. The number of para-hydroxylation sites is 1. The van der Waals surface area contributed by atoms with Gasteiger partial charge in [-0.05, 0) is 62.4 Å². The zero-order valence-corrected chi connectivity index (χ0v) is 18.9. The Bertz CT molecular complexity index is 1120. The smallest absolute Gasteiger partial charge is 0.242 e. The third-order valence-corrected chi connectivity index (χ3v) is 6.93. The summed E-state index contributed by atoms with van der Waals surface area (Å²) < 4.78 is 33.0. The number of ether oxygens (including phenoxy) is 1. The van der Waals surface area contributed by atoms with Gasteiger partial charge in [0.1, 0.15) is 5.75 Å². The van der Waals surface area contributed by atoms with E-state index < -0.39 is 22.0 Å². The number of anilines is 1. The van der Waals surface area contributed by atoms with Gasteiger partial charge in [-0.25, -0.2) is 8.42 Å². The topological polar surface area (TPSA) is 84.5 Å². The lowest BCUT2D eigenvalue weighted by atomic mass is 10.3. The lowest BCUT2D eigenvalue weighted by Gasteiger charge is -2.16. The fraction of sp³-hybridized carbons (Fsp3) is 0.174. The summed E-state index contributed by atoms with van der Waals surface area (Å²) in [6.45, 7) is 3.85. The summed E-state index contributed by atoms with van der Waals surface area (Å²) in [5.41, 5.74) is 0.619. The fourth-order valence-electron chi connectivity index (χ4n) is 2.75. The molecule has 3 rings (SSSR count). The van der Waals surface area contributed by atoms with Crippen LogP contribution in [0, 0.1) is 0 Å². The highest BCUT2D eigenvalue weighted by atomic mass is 32.2. The summed E-state index contributed by atoms with van der Waals surface area (Å²) in [4.78, 5) is 14.7. The quantitative estimate of drug-likeness (QED) is 0.494. The monoisotopic (exact) mass is 456 g/mol. The number of hydrogen-bond acceptors (Lipinski definition) is 5. The first-order chi connectivity index (χ1) is 14.9. The van der Waals surface area contributed by atoms with Crippen LogP contribution in [-0.2, 0) is 14.8 Å². The molecule has 8 heteroatoms. The molecule has 2 N–H and O–H groups in total. The maximum atomic E-state index is 12.7. The number of nitrogens with one attached hydrogen (secondary N) is 2. The number of sulfonamides is 1. The van der Waals surface area contributed by atoms with Gasteiger partial charge in [0.05, 0.1) is 23.2 Å². The van der Waals surface area contributed by atoms with Gasteiger partial charge in [0.15, 0.2) is 0 Å². The van der Waals surface area contributed by atoms with Crippen LogP contribution in [0.3, 0.4) is 0 Å². The van der Waals surface area contributed by atoms with Gasteiger partial charge in [0, 0.05) is 9.79 Å². The van der Waals surface area contributed by atoms with E-state index in [-0.39, 0.29) is 4.90 Å². The van der Waals surface area contributed by atoms with Crippen LogP contribution >= 0.6 is 11.8 Å². The maximum absolute atomic E-state index is 12.7. The van der Waals surface area contributed by atoms with E-state index in [1.807, 2.05) is 55.5 Å². The standard InChI is InChI=1S/C23H24N2O4S2/c1-3-29-18-13-15-20(16-14-18)31(27,28)25-17(2)23(26)24-21-11-7-8-12-22(21)30-19-9-5-4-6-10-19/h4-17,25H,3H2,1-2H3,(H,24,26)/t17-/m0/s1. The molecule has 6 nitrogen and oxygen atoms in total. The molecule has 3 aromatic rings. The lowest BCUT2D eigenvalue weighted by molar-refractivity contribution is -0.117. The van der Waals surface area contributed by atoms with Crippen molar-refractivity contribution in [1.29, 1.82) is 0 Å². The van der Waals surface area contributed by atoms with Crippen LogP contribution in [0.15, 0.2) is 93.5 Å². The predicted octanol–water partition coefficient (Wildman–Crippen LogP) is 4.54. The first-order valence-corrected chi connectivity index (χ1v) is 12.1.